The molecular weight excluding hydrogens is 393 g/mol. The molecule has 8 heteroatoms. The number of aliphatic hydroxyl groups excluding tert-OH is 1. The number of aromatic nitrogens is 3. The van der Waals surface area contributed by atoms with Crippen molar-refractivity contribution in [1.29, 1.82) is 0 Å². The van der Waals surface area contributed by atoms with Crippen LogP contribution in [0.1, 0.15) is 18.1 Å². The molecule has 0 radical (unpaired) electrons. The van der Waals surface area contributed by atoms with Gasteiger partial charge in [-0.1, -0.05) is 0 Å². The number of hydrogen-bond donors (Lipinski definition) is 1. The van der Waals surface area contributed by atoms with Crippen molar-refractivity contribution in [3.63, 3.8) is 0 Å². The van der Waals surface area contributed by atoms with Crippen LogP contribution in [0.5, 0.6) is 11.6 Å². The molecule has 0 fully saturated rings. The molecule has 1 aliphatic heterocycles. The number of halogens is 1. The number of benzene rings is 2. The third-order valence-electron chi connectivity index (χ3n) is 5.12. The monoisotopic (exact) mass is 411 g/mol. The zero-order valence-corrected chi connectivity index (χ0v) is 16.9. The second kappa shape index (κ2) is 6.33. The highest BCUT2D eigenvalue weighted by Gasteiger charge is 2.38. The summed E-state index contributed by atoms with van der Waals surface area (Å²) in [5.41, 5.74) is 3.79. The van der Waals surface area contributed by atoms with E-state index < -0.39 is 11.4 Å². The summed E-state index contributed by atoms with van der Waals surface area (Å²) in [7, 11) is 1.55. The third kappa shape index (κ3) is 2.82. The van der Waals surface area contributed by atoms with Gasteiger partial charge in [-0.3, -0.25) is 0 Å². The van der Waals surface area contributed by atoms with Gasteiger partial charge in [0.1, 0.15) is 10.6 Å². The van der Waals surface area contributed by atoms with Gasteiger partial charge in [-0.15, -0.1) is 11.3 Å². The van der Waals surface area contributed by atoms with Crippen LogP contribution in [0.25, 0.3) is 31.8 Å². The van der Waals surface area contributed by atoms with Gasteiger partial charge in [0.15, 0.2) is 11.6 Å². The topological polar surface area (TPSA) is 77.4 Å². The molecule has 6 nitrogen and oxygen atoms in total. The molecule has 3 heterocycles. The highest BCUT2D eigenvalue weighted by atomic mass is 32.1. The Balaban J connectivity index is 1.73. The SMILES string of the molecule is COc1cnc2c(-c3nc4cc(F)c5c(c4s3)C[C@@](C)(CO)O5)cc(C)cc2n1. The Bertz CT molecular complexity index is 1290. The zero-order valence-electron chi connectivity index (χ0n) is 16.1. The second-order valence-electron chi connectivity index (χ2n) is 7.51. The fourth-order valence-electron chi connectivity index (χ4n) is 3.72. The molecular formula is C21H18FN3O3S. The Kier molecular flexibility index (Phi) is 3.97. The molecule has 0 saturated carbocycles. The van der Waals surface area contributed by atoms with Crippen LogP contribution in [-0.2, 0) is 6.42 Å². The summed E-state index contributed by atoms with van der Waals surface area (Å²) in [6.07, 6.45) is 2.01. The maximum Gasteiger partial charge on any atom is 0.232 e. The van der Waals surface area contributed by atoms with Gasteiger partial charge in [0.05, 0.1) is 41.2 Å². The van der Waals surface area contributed by atoms with E-state index in [4.69, 9.17) is 14.5 Å². The lowest BCUT2D eigenvalue weighted by atomic mass is 10.00. The first-order valence-electron chi connectivity index (χ1n) is 9.14. The minimum absolute atomic E-state index is 0.186. The minimum atomic E-state index is -0.820. The molecule has 4 aromatic rings. The van der Waals surface area contributed by atoms with Crippen LogP contribution in [0.4, 0.5) is 4.39 Å². The Morgan fingerprint density at radius 3 is 2.86 bits per heavy atom. The zero-order chi connectivity index (χ0) is 20.3. The summed E-state index contributed by atoms with van der Waals surface area (Å²) in [6.45, 7) is 3.57. The average Bonchev–Trinajstić information content (AvgIpc) is 3.28. The van der Waals surface area contributed by atoms with Gasteiger partial charge in [-0.2, -0.15) is 0 Å². The molecule has 2 aromatic heterocycles. The van der Waals surface area contributed by atoms with Gasteiger partial charge in [0, 0.05) is 23.6 Å². The van der Waals surface area contributed by atoms with Crippen molar-refractivity contribution in [2.45, 2.75) is 25.9 Å². The fraction of sp³-hybridized carbons (Fsp3) is 0.286. The van der Waals surface area contributed by atoms with E-state index in [9.17, 15) is 9.50 Å². The summed E-state index contributed by atoms with van der Waals surface area (Å²) in [5, 5.41) is 10.4. The largest absolute Gasteiger partial charge is 0.481 e. The first-order chi connectivity index (χ1) is 13.9. The van der Waals surface area contributed by atoms with Crippen LogP contribution < -0.4 is 9.47 Å². The van der Waals surface area contributed by atoms with E-state index in [2.05, 4.69) is 9.97 Å². The number of methoxy groups -OCH3 is 1. The van der Waals surface area contributed by atoms with Crippen LogP contribution in [-0.4, -0.2) is 39.4 Å². The molecule has 0 bridgehead atoms. The van der Waals surface area contributed by atoms with E-state index in [1.54, 1.807) is 20.2 Å². The van der Waals surface area contributed by atoms with Gasteiger partial charge in [0.2, 0.25) is 5.88 Å². The minimum Gasteiger partial charge on any atom is -0.481 e. The molecule has 5 rings (SSSR count). The van der Waals surface area contributed by atoms with Crippen molar-refractivity contribution >= 4 is 32.6 Å². The van der Waals surface area contributed by atoms with E-state index in [0.717, 1.165) is 26.4 Å². The standard InChI is InChI=1S/C21H18FN3O3S/c1-10-4-11(17-14(5-10)24-16(27-3)8-23-17)20-25-15-6-13(22)18-12(19(15)29-20)7-21(2,9-26)28-18/h4-6,8,26H,7,9H2,1-3H3/t21-/m0/s1. The summed E-state index contributed by atoms with van der Waals surface area (Å²) < 4.78 is 26.4. The summed E-state index contributed by atoms with van der Waals surface area (Å²) in [4.78, 5) is 13.7. The van der Waals surface area contributed by atoms with E-state index in [0.29, 0.717) is 28.9 Å². The van der Waals surface area contributed by atoms with E-state index in [-0.39, 0.29) is 12.4 Å². The summed E-state index contributed by atoms with van der Waals surface area (Å²) >= 11 is 1.47. The van der Waals surface area contributed by atoms with Crippen LogP contribution in [0.15, 0.2) is 24.4 Å². The predicted octanol–water partition coefficient (Wildman–Crippen LogP) is 4.05. The van der Waals surface area contributed by atoms with Gasteiger partial charge in [-0.05, 0) is 31.5 Å². The Hall–Kier alpha value is -2.84. The van der Waals surface area contributed by atoms with Gasteiger partial charge >= 0.3 is 0 Å². The van der Waals surface area contributed by atoms with Crippen molar-refractivity contribution in [2.24, 2.45) is 0 Å². The summed E-state index contributed by atoms with van der Waals surface area (Å²) in [6, 6.07) is 5.34. The Morgan fingerprint density at radius 2 is 2.10 bits per heavy atom. The normalized spacial score (nSPS) is 18.2. The van der Waals surface area contributed by atoms with E-state index in [1.807, 2.05) is 19.1 Å². The van der Waals surface area contributed by atoms with Crippen LogP contribution in [0.3, 0.4) is 0 Å². The average molecular weight is 411 g/mol. The van der Waals surface area contributed by atoms with Gasteiger partial charge in [0.25, 0.3) is 0 Å². The fourth-order valence-corrected chi connectivity index (χ4v) is 4.82. The first-order valence-corrected chi connectivity index (χ1v) is 9.96. The van der Waals surface area contributed by atoms with Crippen LogP contribution >= 0.6 is 11.3 Å². The highest BCUT2D eigenvalue weighted by molar-refractivity contribution is 7.22. The molecule has 148 valence electrons. The molecule has 1 aliphatic rings. The number of rotatable bonds is 3. The third-order valence-corrected chi connectivity index (χ3v) is 6.29. The Labute approximate surface area is 170 Å². The van der Waals surface area contributed by atoms with Crippen molar-refractivity contribution in [3.05, 3.63) is 41.3 Å². The highest BCUT2D eigenvalue weighted by Crippen LogP contribution is 2.45. The number of fused-ring (bicyclic) bond motifs is 4. The quantitative estimate of drug-likeness (QED) is 0.548. The van der Waals surface area contributed by atoms with Crippen LogP contribution in [0.2, 0.25) is 0 Å². The number of aryl methyl sites for hydroxylation is 1. The lowest BCUT2D eigenvalue weighted by Crippen LogP contribution is -2.34. The number of thiazole rings is 1. The second-order valence-corrected chi connectivity index (χ2v) is 8.51. The van der Waals surface area contributed by atoms with E-state index >= 15 is 0 Å². The molecule has 0 spiro atoms. The summed E-state index contributed by atoms with van der Waals surface area (Å²) in [5.74, 6) is 0.196. The lowest BCUT2D eigenvalue weighted by Gasteiger charge is -2.20. The number of ether oxygens (including phenoxy) is 2. The van der Waals surface area contributed by atoms with Crippen LogP contribution in [0, 0.1) is 12.7 Å². The lowest BCUT2D eigenvalue weighted by molar-refractivity contribution is 0.0421. The molecule has 0 saturated heterocycles. The molecule has 0 unspecified atom stereocenters. The molecule has 1 atom stereocenters. The molecule has 2 aromatic carbocycles. The predicted molar refractivity (Wildman–Crippen MR) is 109 cm³/mol. The molecule has 0 aliphatic carbocycles. The van der Waals surface area contributed by atoms with Crippen molar-refractivity contribution < 1.29 is 19.0 Å². The van der Waals surface area contributed by atoms with E-state index in [1.165, 1.54) is 17.4 Å². The number of aliphatic hydroxyl groups is 1. The first kappa shape index (κ1) is 18.2. The van der Waals surface area contributed by atoms with Crippen molar-refractivity contribution in [1.82, 2.24) is 15.0 Å². The maximum absolute atomic E-state index is 14.6. The number of hydrogen-bond acceptors (Lipinski definition) is 7. The maximum atomic E-state index is 14.6. The van der Waals surface area contributed by atoms with Gasteiger partial charge < -0.3 is 14.6 Å². The van der Waals surface area contributed by atoms with Crippen molar-refractivity contribution in [2.75, 3.05) is 13.7 Å². The van der Waals surface area contributed by atoms with Gasteiger partial charge in [-0.25, -0.2) is 19.3 Å². The number of nitrogens with zero attached hydrogens (tertiary/aromatic N) is 3. The molecule has 0 amide bonds. The molecule has 1 N–H and O–H groups in total. The smallest absolute Gasteiger partial charge is 0.232 e. The Morgan fingerprint density at radius 1 is 1.28 bits per heavy atom. The van der Waals surface area contributed by atoms with Crippen molar-refractivity contribution in [3.8, 4) is 22.2 Å². The molecule has 29 heavy (non-hydrogen) atoms.